The van der Waals surface area contributed by atoms with Crippen molar-refractivity contribution in [3.05, 3.63) is 71.2 Å². The van der Waals surface area contributed by atoms with Crippen molar-refractivity contribution in [2.75, 3.05) is 26.2 Å². The molecule has 0 radical (unpaired) electrons. The molecule has 0 aromatic heterocycles. The topological polar surface area (TPSA) is 45.1 Å². The van der Waals surface area contributed by atoms with Crippen molar-refractivity contribution >= 4 is 28.1 Å². The van der Waals surface area contributed by atoms with Crippen LogP contribution in [-0.2, 0) is 4.74 Å². The maximum Gasteiger partial charge on any atom is 1.00 e. The Bertz CT molecular complexity index is 1240. The minimum absolute atomic E-state index is 0. The zero-order valence-electron chi connectivity index (χ0n) is 21.8. The molecule has 1 N–H and O–H groups in total. The van der Waals surface area contributed by atoms with Crippen LogP contribution in [0.1, 0.15) is 44.7 Å². The second-order valence-electron chi connectivity index (χ2n) is 9.78. The number of rotatable bonds is 7. The molecular weight excluding hydrogens is 502 g/mol. The number of hydrogen-bond donors (Lipinski definition) is 1. The van der Waals surface area contributed by atoms with Crippen LogP contribution >= 0.6 is 11.6 Å². The van der Waals surface area contributed by atoms with Crippen LogP contribution in [-0.4, -0.2) is 42.0 Å². The molecule has 0 amide bonds. The van der Waals surface area contributed by atoms with Crippen LogP contribution in [0.15, 0.2) is 41.4 Å². The van der Waals surface area contributed by atoms with Crippen molar-refractivity contribution in [2.24, 2.45) is 10.4 Å². The summed E-state index contributed by atoms with van der Waals surface area (Å²) < 4.78 is 21.3. The number of hydrogen-bond acceptors (Lipinski definition) is 4. The van der Waals surface area contributed by atoms with E-state index < -0.39 is 5.82 Å². The number of aliphatic imine (C=N–C) groups is 1. The minimum Gasteiger partial charge on any atom is -0.508 e. The number of nitrogens with zero attached hydrogens (tertiary/aromatic N) is 2. The first-order chi connectivity index (χ1) is 16.7. The van der Waals surface area contributed by atoms with Gasteiger partial charge in [0.2, 0.25) is 0 Å². The molecule has 4 nitrogen and oxygen atoms in total. The summed E-state index contributed by atoms with van der Waals surface area (Å²) in [4.78, 5) is 6.86. The molecule has 1 aliphatic heterocycles. The van der Waals surface area contributed by atoms with Crippen molar-refractivity contribution in [3.8, 4) is 16.9 Å². The Morgan fingerprint density at radius 2 is 2.11 bits per heavy atom. The van der Waals surface area contributed by atoms with Crippen LogP contribution in [0.2, 0.25) is 5.02 Å². The zero-order chi connectivity index (χ0) is 25.2. The number of piperidine rings is 1. The van der Waals surface area contributed by atoms with Crippen LogP contribution in [0.5, 0.6) is 5.75 Å². The van der Waals surface area contributed by atoms with Gasteiger partial charge in [-0.1, -0.05) is 62.7 Å². The first-order valence-corrected chi connectivity index (χ1v) is 12.4. The second kappa shape index (κ2) is 12.7. The van der Waals surface area contributed by atoms with Crippen LogP contribution in [0, 0.1) is 31.0 Å². The van der Waals surface area contributed by atoms with Gasteiger partial charge in [0.05, 0.1) is 0 Å². The Hall–Kier alpha value is -0.964. The monoisotopic (exact) mass is 533 g/mol. The van der Waals surface area contributed by atoms with E-state index >= 15 is 4.39 Å². The molecular formula is C29H32ClFKN2O2-. The molecule has 1 fully saturated rings. The standard InChI is InChI=1S/C29H32ClFN2O2.K/c1-5-33-11-7-10-29(4,16-33)17-35-18-32-20(3)22-12-19(2)27(26(31)14-22)24-15-23(34)13-21-8-6-9-25(30)28(21)24;/h6,8-9,13-15,18,34H,5,7,10-11,16-17H2,1-4H3;/q-2;+1/b32-20-;. The fourth-order valence-electron chi connectivity index (χ4n) is 5.01. The van der Waals surface area contributed by atoms with Crippen LogP contribution in [0.4, 0.5) is 4.39 Å². The van der Waals surface area contributed by atoms with Gasteiger partial charge in [0.1, 0.15) is 5.75 Å². The third kappa shape index (κ3) is 6.72. The summed E-state index contributed by atoms with van der Waals surface area (Å²) >= 11 is 6.45. The van der Waals surface area contributed by atoms with Crippen LogP contribution in [0.25, 0.3) is 21.9 Å². The predicted molar refractivity (Wildman–Crippen MR) is 142 cm³/mol. The average Bonchev–Trinajstić information content (AvgIpc) is 2.81. The van der Waals surface area contributed by atoms with E-state index in [1.807, 2.05) is 13.0 Å². The molecule has 1 unspecified atom stereocenters. The van der Waals surface area contributed by atoms with Crippen molar-refractivity contribution in [1.29, 1.82) is 0 Å². The Kier molecular flexibility index (Phi) is 10.5. The largest absolute Gasteiger partial charge is 1.00 e. The smallest absolute Gasteiger partial charge is 0.508 e. The number of likely N-dealkylation sites (tertiary alicyclic amines) is 1. The van der Waals surface area contributed by atoms with Gasteiger partial charge < -0.3 is 19.7 Å². The quantitative estimate of drug-likeness (QED) is 0.214. The van der Waals surface area contributed by atoms with E-state index in [2.05, 4.69) is 29.8 Å². The predicted octanol–water partition coefficient (Wildman–Crippen LogP) is 4.18. The Morgan fingerprint density at radius 3 is 2.83 bits per heavy atom. The molecule has 0 saturated carbocycles. The molecule has 3 aromatic carbocycles. The van der Waals surface area contributed by atoms with Gasteiger partial charge in [-0.15, -0.1) is 23.3 Å². The van der Waals surface area contributed by atoms with Crippen molar-refractivity contribution < 1.29 is 65.6 Å². The number of aryl methyl sites for hydroxylation is 1. The van der Waals surface area contributed by atoms with Crippen LogP contribution in [0.3, 0.4) is 0 Å². The van der Waals surface area contributed by atoms with Crippen molar-refractivity contribution in [1.82, 2.24) is 4.90 Å². The summed E-state index contributed by atoms with van der Waals surface area (Å²) in [5.41, 5.74) is 2.78. The number of phenols is 1. The third-order valence-electron chi connectivity index (χ3n) is 6.84. The Morgan fingerprint density at radius 1 is 1.33 bits per heavy atom. The maximum atomic E-state index is 15.5. The van der Waals surface area contributed by atoms with E-state index in [0.29, 0.717) is 45.0 Å². The van der Waals surface area contributed by atoms with E-state index in [1.54, 1.807) is 31.2 Å². The number of fused-ring (bicyclic) bond motifs is 1. The van der Waals surface area contributed by atoms with Gasteiger partial charge in [-0.25, -0.2) is 4.39 Å². The Labute approximate surface area is 261 Å². The average molecular weight is 534 g/mol. The van der Waals surface area contributed by atoms with Crippen molar-refractivity contribution in [3.63, 3.8) is 0 Å². The van der Waals surface area contributed by atoms with Gasteiger partial charge in [-0.2, -0.15) is 0 Å². The summed E-state index contributed by atoms with van der Waals surface area (Å²) in [5, 5.41) is 12.2. The number of halogens is 2. The van der Waals surface area contributed by atoms with Gasteiger partial charge in [0.15, 0.2) is 0 Å². The summed E-state index contributed by atoms with van der Waals surface area (Å²) in [5.74, 6) is -0.372. The fraction of sp³-hybridized carbons (Fsp3) is 0.379. The number of phenolic OH excluding ortho intramolecular Hbond substituents is 1. The molecule has 36 heavy (non-hydrogen) atoms. The van der Waals surface area contributed by atoms with Gasteiger partial charge in [-0.3, -0.25) is 0 Å². The summed E-state index contributed by atoms with van der Waals surface area (Å²) in [6, 6.07) is 13.2. The molecule has 1 atom stereocenters. The normalized spacial score (nSPS) is 18.8. The van der Waals surface area contributed by atoms with Crippen molar-refractivity contribution in [2.45, 2.75) is 40.5 Å². The number of benzene rings is 3. The molecule has 3 aromatic rings. The molecule has 1 aliphatic rings. The molecule has 0 spiro atoms. The van der Waals surface area contributed by atoms with Gasteiger partial charge in [0, 0.05) is 29.4 Å². The van der Waals surface area contributed by atoms with E-state index in [1.165, 1.54) is 19.2 Å². The minimum atomic E-state index is -0.423. The molecule has 4 rings (SSSR count). The first-order valence-electron chi connectivity index (χ1n) is 12.1. The molecule has 186 valence electrons. The first kappa shape index (κ1) is 29.6. The van der Waals surface area contributed by atoms with Crippen LogP contribution < -0.4 is 51.4 Å². The second-order valence-corrected chi connectivity index (χ2v) is 10.2. The van der Waals surface area contributed by atoms with Gasteiger partial charge in [0.25, 0.3) is 0 Å². The molecule has 1 heterocycles. The maximum absolute atomic E-state index is 15.5. The fourth-order valence-corrected chi connectivity index (χ4v) is 5.29. The van der Waals surface area contributed by atoms with E-state index in [4.69, 9.17) is 16.3 Å². The molecule has 0 aliphatic carbocycles. The summed E-state index contributed by atoms with van der Waals surface area (Å²) in [6.45, 7) is 13.3. The Balaban J connectivity index is 0.00000361. The molecule has 1 saturated heterocycles. The summed E-state index contributed by atoms with van der Waals surface area (Å²) in [6.07, 6.45) is 2.31. The number of aromatic hydroxyl groups is 1. The van der Waals surface area contributed by atoms with E-state index in [-0.39, 0.29) is 62.5 Å². The summed E-state index contributed by atoms with van der Waals surface area (Å²) in [7, 11) is 0. The molecule has 0 bridgehead atoms. The van der Waals surface area contributed by atoms with E-state index in [0.717, 1.165) is 31.4 Å². The van der Waals surface area contributed by atoms with E-state index in [9.17, 15) is 5.11 Å². The third-order valence-corrected chi connectivity index (χ3v) is 7.15. The molecule has 7 heteroatoms. The zero-order valence-corrected chi connectivity index (χ0v) is 25.7. The number of ether oxygens (including phenoxy) is 1. The van der Waals surface area contributed by atoms with Gasteiger partial charge in [-0.05, 0) is 67.2 Å². The van der Waals surface area contributed by atoms with Gasteiger partial charge >= 0.3 is 51.4 Å². The SMILES string of the molecule is CCN1CCCC(C)(CO[CH-]/N=C(/C)c2[c-]c(C)c(-c3cc(O)cc4cccc(Cl)c34)c(F)c2)C1.[K+].